The molecule has 0 aliphatic carbocycles. The largest absolute Gasteiger partial charge is 0.300 e. The van der Waals surface area contributed by atoms with Crippen LogP contribution in [0.1, 0.15) is 6.42 Å². The summed E-state index contributed by atoms with van der Waals surface area (Å²) >= 11 is 5.53. The summed E-state index contributed by atoms with van der Waals surface area (Å²) in [6.45, 7) is 4.95. The fourth-order valence-corrected chi connectivity index (χ4v) is 0.817. The van der Waals surface area contributed by atoms with Crippen LogP contribution in [0.2, 0.25) is 0 Å². The number of hydrogen-bond donors (Lipinski definition) is 0. The number of likely N-dealkylation sites (N-methyl/N-ethyl adjacent to an activating group) is 1. The van der Waals surface area contributed by atoms with E-state index in [4.69, 9.17) is 16.9 Å². The lowest BCUT2D eigenvalue weighted by Crippen LogP contribution is -2.20. The Bertz CT molecular complexity index is 148. The second kappa shape index (κ2) is 5.28. The third kappa shape index (κ3) is 5.61. The number of rotatable bonds is 4. The molecule has 0 aliphatic heterocycles. The van der Waals surface area contributed by atoms with Crippen molar-refractivity contribution in [3.8, 4) is 6.07 Å². The summed E-state index contributed by atoms with van der Waals surface area (Å²) in [6, 6.07) is 2.06. The van der Waals surface area contributed by atoms with Gasteiger partial charge in [-0.3, -0.25) is 0 Å². The summed E-state index contributed by atoms with van der Waals surface area (Å²) < 4.78 is 0. The van der Waals surface area contributed by atoms with Gasteiger partial charge in [0.25, 0.3) is 0 Å². The highest BCUT2D eigenvalue weighted by molar-refractivity contribution is 6.29. The van der Waals surface area contributed by atoms with Crippen molar-refractivity contribution in [1.29, 1.82) is 5.26 Å². The highest BCUT2D eigenvalue weighted by Crippen LogP contribution is 1.98. The first-order valence-corrected chi connectivity index (χ1v) is 3.43. The lowest BCUT2D eigenvalue weighted by atomic mass is 10.4. The second-order valence-electron chi connectivity index (χ2n) is 2.16. The first-order chi connectivity index (χ1) is 4.66. The Morgan fingerprint density at radius 1 is 1.80 bits per heavy atom. The van der Waals surface area contributed by atoms with Gasteiger partial charge in [0.05, 0.1) is 6.07 Å². The lowest BCUT2D eigenvalue weighted by Gasteiger charge is -2.12. The lowest BCUT2D eigenvalue weighted by molar-refractivity contribution is 0.377. The van der Waals surface area contributed by atoms with Gasteiger partial charge in [-0.25, -0.2) is 0 Å². The second-order valence-corrected chi connectivity index (χ2v) is 2.70. The number of nitrogens with zero attached hydrogens (tertiary/aromatic N) is 2. The third-order valence-electron chi connectivity index (χ3n) is 1.05. The molecule has 0 fully saturated rings. The SMILES string of the molecule is C=C(Cl)CN(C)CCC#N. The van der Waals surface area contributed by atoms with Gasteiger partial charge >= 0.3 is 0 Å². The predicted octanol–water partition coefficient (Wildman–Crippen LogP) is 1.58. The van der Waals surface area contributed by atoms with E-state index in [1.807, 2.05) is 11.9 Å². The van der Waals surface area contributed by atoms with E-state index in [1.54, 1.807) is 0 Å². The van der Waals surface area contributed by atoms with E-state index >= 15 is 0 Å². The van der Waals surface area contributed by atoms with Crippen LogP contribution in [0, 0.1) is 11.3 Å². The first-order valence-electron chi connectivity index (χ1n) is 3.05. The van der Waals surface area contributed by atoms with Crippen molar-refractivity contribution in [1.82, 2.24) is 4.90 Å². The molecule has 56 valence electrons. The van der Waals surface area contributed by atoms with Crippen LogP contribution in [-0.2, 0) is 0 Å². The molecule has 0 rings (SSSR count). The molecule has 0 atom stereocenters. The minimum atomic E-state index is 0.542. The van der Waals surface area contributed by atoms with Crippen LogP contribution in [0.25, 0.3) is 0 Å². The maximum absolute atomic E-state index is 8.22. The maximum atomic E-state index is 8.22. The smallest absolute Gasteiger partial charge is 0.0635 e. The molecule has 0 N–H and O–H groups in total. The molecule has 0 radical (unpaired) electrons. The summed E-state index contributed by atoms with van der Waals surface area (Å²) in [5.74, 6) is 0. The van der Waals surface area contributed by atoms with Gasteiger partial charge in [-0.2, -0.15) is 5.26 Å². The van der Waals surface area contributed by atoms with Crippen LogP contribution in [-0.4, -0.2) is 25.0 Å². The Morgan fingerprint density at radius 2 is 2.40 bits per heavy atom. The van der Waals surface area contributed by atoms with Gasteiger partial charge in [-0.1, -0.05) is 18.2 Å². The predicted molar refractivity (Wildman–Crippen MR) is 42.7 cm³/mol. The monoisotopic (exact) mass is 158 g/mol. The van der Waals surface area contributed by atoms with Crippen LogP contribution in [0.3, 0.4) is 0 Å². The average molecular weight is 159 g/mol. The molecule has 0 aromatic heterocycles. The number of hydrogen-bond acceptors (Lipinski definition) is 2. The molecule has 0 saturated carbocycles. The summed E-state index contributed by atoms with van der Waals surface area (Å²) in [4.78, 5) is 1.96. The van der Waals surface area contributed by atoms with E-state index in [0.29, 0.717) is 18.0 Å². The van der Waals surface area contributed by atoms with Gasteiger partial charge in [0.2, 0.25) is 0 Å². The quantitative estimate of drug-likeness (QED) is 0.621. The summed E-state index contributed by atoms with van der Waals surface area (Å²) in [5.41, 5.74) is 0. The zero-order chi connectivity index (χ0) is 7.98. The van der Waals surface area contributed by atoms with Crippen molar-refractivity contribution in [3.05, 3.63) is 11.6 Å². The normalized spacial score (nSPS) is 9.40. The Kier molecular flexibility index (Phi) is 5.00. The zero-order valence-electron chi connectivity index (χ0n) is 6.10. The van der Waals surface area contributed by atoms with Gasteiger partial charge < -0.3 is 4.90 Å². The van der Waals surface area contributed by atoms with Gasteiger partial charge in [-0.05, 0) is 7.05 Å². The van der Waals surface area contributed by atoms with Crippen molar-refractivity contribution < 1.29 is 0 Å². The molecule has 0 bridgehead atoms. The fourth-order valence-electron chi connectivity index (χ4n) is 0.613. The minimum absolute atomic E-state index is 0.542. The highest BCUT2D eigenvalue weighted by atomic mass is 35.5. The number of nitriles is 1. The minimum Gasteiger partial charge on any atom is -0.300 e. The molecule has 0 spiro atoms. The van der Waals surface area contributed by atoms with Gasteiger partial charge in [-0.15, -0.1) is 0 Å². The van der Waals surface area contributed by atoms with Crippen LogP contribution in [0.5, 0.6) is 0 Å². The van der Waals surface area contributed by atoms with Crippen molar-refractivity contribution in [3.63, 3.8) is 0 Å². The van der Waals surface area contributed by atoms with E-state index < -0.39 is 0 Å². The van der Waals surface area contributed by atoms with Crippen LogP contribution < -0.4 is 0 Å². The molecule has 0 amide bonds. The van der Waals surface area contributed by atoms with E-state index in [-0.39, 0.29) is 0 Å². The van der Waals surface area contributed by atoms with E-state index in [1.165, 1.54) is 0 Å². The molecule has 3 heteroatoms. The van der Waals surface area contributed by atoms with Crippen LogP contribution in [0.4, 0.5) is 0 Å². The highest BCUT2D eigenvalue weighted by Gasteiger charge is 1.96. The molecular weight excluding hydrogens is 148 g/mol. The van der Waals surface area contributed by atoms with E-state index in [2.05, 4.69) is 12.6 Å². The Labute approximate surface area is 66.7 Å². The molecule has 2 nitrogen and oxygen atoms in total. The number of halogens is 1. The van der Waals surface area contributed by atoms with E-state index in [9.17, 15) is 0 Å². The van der Waals surface area contributed by atoms with Crippen LogP contribution >= 0.6 is 11.6 Å². The van der Waals surface area contributed by atoms with Gasteiger partial charge in [0.1, 0.15) is 0 Å². The van der Waals surface area contributed by atoms with Crippen molar-refractivity contribution in [2.45, 2.75) is 6.42 Å². The zero-order valence-corrected chi connectivity index (χ0v) is 6.86. The molecular formula is C7H11ClN2. The molecule has 0 aromatic carbocycles. The standard InChI is InChI=1S/C7H11ClN2/c1-7(8)6-10(2)5-3-4-9/h1,3,5-6H2,2H3. The molecule has 0 aromatic rings. The fraction of sp³-hybridized carbons (Fsp3) is 0.571. The summed E-state index contributed by atoms with van der Waals surface area (Å²) in [5, 5.41) is 8.83. The summed E-state index contributed by atoms with van der Waals surface area (Å²) in [6.07, 6.45) is 0.542. The first kappa shape index (κ1) is 9.48. The van der Waals surface area contributed by atoms with Gasteiger partial charge in [0.15, 0.2) is 0 Å². The molecule has 0 heterocycles. The third-order valence-corrected chi connectivity index (χ3v) is 1.17. The summed E-state index contributed by atoms with van der Waals surface area (Å²) in [7, 11) is 1.91. The molecule has 0 saturated heterocycles. The topological polar surface area (TPSA) is 27.0 Å². The maximum Gasteiger partial charge on any atom is 0.0635 e. The molecule has 10 heavy (non-hydrogen) atoms. The Morgan fingerprint density at radius 3 is 2.80 bits per heavy atom. The van der Waals surface area contributed by atoms with Crippen molar-refractivity contribution in [2.24, 2.45) is 0 Å². The van der Waals surface area contributed by atoms with Crippen molar-refractivity contribution in [2.75, 3.05) is 20.1 Å². The molecule has 0 unspecified atom stereocenters. The van der Waals surface area contributed by atoms with E-state index in [0.717, 1.165) is 6.54 Å². The van der Waals surface area contributed by atoms with Gasteiger partial charge in [0, 0.05) is 24.5 Å². The average Bonchev–Trinajstić information content (AvgIpc) is 1.82. The molecule has 0 aliphatic rings. The van der Waals surface area contributed by atoms with Crippen molar-refractivity contribution >= 4 is 11.6 Å². The van der Waals surface area contributed by atoms with Crippen LogP contribution in [0.15, 0.2) is 11.6 Å². The Balaban J connectivity index is 3.36. The Hall–Kier alpha value is -0.520.